The van der Waals surface area contributed by atoms with Crippen LogP contribution >= 0.6 is 23.5 Å². The van der Waals surface area contributed by atoms with E-state index in [4.69, 9.17) is 4.43 Å². The monoisotopic (exact) mass is 492 g/mol. The van der Waals surface area contributed by atoms with Crippen LogP contribution in [-0.2, 0) is 10.8 Å². The highest BCUT2D eigenvalue weighted by Crippen LogP contribution is 2.40. The lowest BCUT2D eigenvalue weighted by atomic mass is 10.0. The van der Waals surface area contributed by atoms with Crippen molar-refractivity contribution in [1.29, 1.82) is 0 Å². The average Bonchev–Trinajstić information content (AvgIpc) is 2.78. The van der Waals surface area contributed by atoms with Gasteiger partial charge in [0.25, 0.3) is 0 Å². The van der Waals surface area contributed by atoms with Gasteiger partial charge in [-0.3, -0.25) is 0 Å². The number of thioether (sulfide) groups is 2. The Balaban J connectivity index is 1.69. The van der Waals surface area contributed by atoms with E-state index in [0.29, 0.717) is 4.58 Å². The first-order valence-corrected chi connectivity index (χ1v) is 16.6. The van der Waals surface area contributed by atoms with E-state index in [1.807, 2.05) is 23.5 Å². The smallest absolute Gasteiger partial charge is 0.189 e. The normalized spacial score (nSPS) is 12.6. The predicted molar refractivity (Wildman–Crippen MR) is 150 cm³/mol. The van der Waals surface area contributed by atoms with E-state index >= 15 is 0 Å². The Labute approximate surface area is 210 Å². The first-order valence-electron chi connectivity index (χ1n) is 11.7. The summed E-state index contributed by atoms with van der Waals surface area (Å²) in [7, 11) is -1.92. The number of benzene rings is 3. The van der Waals surface area contributed by atoms with Gasteiger partial charge in [0.1, 0.15) is 0 Å². The molecule has 0 fully saturated rings. The molecule has 3 aromatic rings. The van der Waals surface area contributed by atoms with Crippen LogP contribution in [0.5, 0.6) is 0 Å². The van der Waals surface area contributed by atoms with Gasteiger partial charge in [0.15, 0.2) is 8.32 Å². The van der Waals surface area contributed by atoms with E-state index in [0.717, 1.165) is 25.3 Å². The maximum Gasteiger partial charge on any atom is 0.189 e. The molecule has 3 aromatic carbocycles. The maximum absolute atomic E-state index is 6.93. The van der Waals surface area contributed by atoms with Gasteiger partial charge in [-0.2, -0.15) is 0 Å². The molecule has 1 unspecified atom stereocenters. The van der Waals surface area contributed by atoms with Crippen molar-refractivity contribution >= 4 is 31.8 Å². The molecule has 0 aliphatic heterocycles. The van der Waals surface area contributed by atoms with Crippen molar-refractivity contribution in [3.63, 3.8) is 0 Å². The number of hydrogen-bond donors (Lipinski definition) is 0. The molecule has 0 aliphatic rings. The van der Waals surface area contributed by atoms with Gasteiger partial charge in [0, 0.05) is 15.9 Å². The largest absolute Gasteiger partial charge is 0.414 e. The molecule has 4 heteroatoms. The molecule has 1 nitrogen and oxygen atoms in total. The summed E-state index contributed by atoms with van der Waals surface area (Å²) >= 11 is 3.92. The first-order chi connectivity index (χ1) is 15.9. The van der Waals surface area contributed by atoms with Gasteiger partial charge in [0.2, 0.25) is 0 Å². The van der Waals surface area contributed by atoms with Crippen LogP contribution in [0, 0.1) is 0 Å². The van der Waals surface area contributed by atoms with Crippen molar-refractivity contribution in [3.8, 4) is 0 Å². The first kappa shape index (κ1) is 25.9. The number of hydrogen-bond acceptors (Lipinski definition) is 3. The minimum absolute atomic E-state index is 0.230. The van der Waals surface area contributed by atoms with Crippen LogP contribution in [0.3, 0.4) is 0 Å². The molecule has 0 aromatic heterocycles. The van der Waals surface area contributed by atoms with Gasteiger partial charge in [0.05, 0.1) is 4.58 Å². The predicted octanol–water partition coefficient (Wildman–Crippen LogP) is 9.09. The fourth-order valence-electron chi connectivity index (χ4n) is 3.87. The Morgan fingerprint density at radius 2 is 1.30 bits per heavy atom. The summed E-state index contributed by atoms with van der Waals surface area (Å²) in [6, 6.07) is 33.3. The second-order valence-electron chi connectivity index (χ2n) is 9.18. The fraction of sp³-hybridized carbons (Fsp3) is 0.310. The molecule has 0 saturated carbocycles. The Morgan fingerprint density at radius 3 is 1.79 bits per heavy atom. The lowest BCUT2D eigenvalue weighted by molar-refractivity contribution is 0.181. The molecule has 0 saturated heterocycles. The van der Waals surface area contributed by atoms with Gasteiger partial charge in [-0.1, -0.05) is 72.3 Å². The van der Waals surface area contributed by atoms with Crippen molar-refractivity contribution in [3.05, 3.63) is 109 Å². The summed E-state index contributed by atoms with van der Waals surface area (Å²) in [4.78, 5) is 2.64. The van der Waals surface area contributed by atoms with Crippen LogP contribution < -0.4 is 0 Å². The van der Waals surface area contributed by atoms with E-state index < -0.39 is 8.32 Å². The molecule has 0 bridgehead atoms. The van der Waals surface area contributed by atoms with Crippen molar-refractivity contribution in [2.24, 2.45) is 0 Å². The molecule has 0 heterocycles. The topological polar surface area (TPSA) is 9.23 Å². The van der Waals surface area contributed by atoms with Crippen LogP contribution in [-0.4, -0.2) is 19.0 Å². The Bertz CT molecular complexity index is 919. The van der Waals surface area contributed by atoms with Gasteiger partial charge in [-0.05, 0) is 75.2 Å². The van der Waals surface area contributed by atoms with Gasteiger partial charge >= 0.3 is 0 Å². The summed E-state index contributed by atoms with van der Waals surface area (Å²) in [6.45, 7) is 11.1. The molecule has 0 N–H and O–H groups in total. The fourth-order valence-corrected chi connectivity index (χ4v) is 11.0. The Hall–Kier alpha value is -1.72. The summed E-state index contributed by atoms with van der Waals surface area (Å²) in [5, 5.41) is 0. The van der Waals surface area contributed by atoms with Crippen LogP contribution in [0.1, 0.15) is 25.3 Å². The van der Waals surface area contributed by atoms with Gasteiger partial charge in [-0.25, -0.2) is 0 Å². The summed E-state index contributed by atoms with van der Waals surface area (Å²) in [5.41, 5.74) is 2.58. The lowest BCUT2D eigenvalue weighted by Gasteiger charge is -2.32. The SMILES string of the molecule is C=C(C)CC(CCc1ccccc1)O[Si](C)(C)CC(Sc1ccccc1)Sc1ccccc1. The quantitative estimate of drug-likeness (QED) is 0.102. The van der Waals surface area contributed by atoms with Crippen molar-refractivity contribution in [2.75, 3.05) is 0 Å². The molecule has 0 amide bonds. The minimum Gasteiger partial charge on any atom is -0.414 e. The summed E-state index contributed by atoms with van der Waals surface area (Å²) in [6.07, 6.45) is 3.25. The summed E-state index contributed by atoms with van der Waals surface area (Å²) in [5.74, 6) is 0. The molecule has 3 rings (SSSR count). The third-order valence-electron chi connectivity index (χ3n) is 5.34. The molecule has 1 atom stereocenters. The van der Waals surface area contributed by atoms with E-state index in [1.54, 1.807) is 0 Å². The maximum atomic E-state index is 6.93. The second-order valence-corrected chi connectivity index (χ2v) is 16.2. The standard InChI is InChI=1S/C29H36OS2Si/c1-24(2)22-26(21-20-25-14-8-5-9-15-25)30-33(3,4)23-29(31-27-16-10-6-11-17-27)32-28-18-12-7-13-19-28/h5-19,26,29H,1,20-23H2,2-4H3. The van der Waals surface area contributed by atoms with Crippen LogP contribution in [0.4, 0.5) is 0 Å². The highest BCUT2D eigenvalue weighted by atomic mass is 32.2. The third kappa shape index (κ3) is 9.97. The van der Waals surface area contributed by atoms with E-state index in [9.17, 15) is 0 Å². The molecule has 0 aliphatic carbocycles. The van der Waals surface area contributed by atoms with Crippen molar-refractivity contribution < 1.29 is 4.43 Å². The Morgan fingerprint density at radius 1 is 0.818 bits per heavy atom. The lowest BCUT2D eigenvalue weighted by Crippen LogP contribution is -2.38. The number of aryl methyl sites for hydroxylation is 1. The van der Waals surface area contributed by atoms with Crippen LogP contribution in [0.25, 0.3) is 0 Å². The summed E-state index contributed by atoms with van der Waals surface area (Å²) < 4.78 is 7.34. The average molecular weight is 493 g/mol. The molecule has 0 spiro atoms. The van der Waals surface area contributed by atoms with Crippen LogP contribution in [0.15, 0.2) is 113 Å². The molecule has 0 radical (unpaired) electrons. The second kappa shape index (κ2) is 13.2. The molecule has 33 heavy (non-hydrogen) atoms. The third-order valence-corrected chi connectivity index (χ3v) is 10.8. The zero-order valence-corrected chi connectivity index (χ0v) is 22.7. The zero-order chi connectivity index (χ0) is 23.5. The van der Waals surface area contributed by atoms with Gasteiger partial charge in [-0.15, -0.1) is 30.1 Å². The van der Waals surface area contributed by atoms with E-state index in [2.05, 4.69) is 118 Å². The number of rotatable bonds is 13. The molecular weight excluding hydrogens is 457 g/mol. The highest BCUT2D eigenvalue weighted by Gasteiger charge is 2.31. The van der Waals surface area contributed by atoms with Crippen molar-refractivity contribution in [2.45, 2.75) is 65.8 Å². The molecule has 174 valence electrons. The van der Waals surface area contributed by atoms with Crippen molar-refractivity contribution in [1.82, 2.24) is 0 Å². The minimum atomic E-state index is -1.92. The highest BCUT2D eigenvalue weighted by molar-refractivity contribution is 8.17. The van der Waals surface area contributed by atoms with Gasteiger partial charge < -0.3 is 4.43 Å². The van der Waals surface area contributed by atoms with E-state index in [1.165, 1.54) is 20.9 Å². The van der Waals surface area contributed by atoms with Crippen LogP contribution in [0.2, 0.25) is 19.1 Å². The Kier molecular flexibility index (Phi) is 10.4. The molecular formula is C29H36OS2Si. The zero-order valence-electron chi connectivity index (χ0n) is 20.1. The van der Waals surface area contributed by atoms with E-state index in [-0.39, 0.29) is 6.10 Å².